The molecule has 1 aromatic carbocycles. The second-order valence-electron chi connectivity index (χ2n) is 4.23. The van der Waals surface area contributed by atoms with E-state index in [2.05, 4.69) is 4.98 Å². The van der Waals surface area contributed by atoms with Crippen molar-refractivity contribution < 1.29 is 13.5 Å². The van der Waals surface area contributed by atoms with Gasteiger partial charge in [0.15, 0.2) is 9.84 Å². The summed E-state index contributed by atoms with van der Waals surface area (Å²) < 4.78 is 22.9. The SMILES string of the molecule is Cc1ccc(O)c(-c2ccc(S(C)(=O)=O)cc2Cl)n1. The number of aromatic hydroxyl groups is 1. The fourth-order valence-corrected chi connectivity index (χ4v) is 2.65. The second-order valence-corrected chi connectivity index (χ2v) is 6.66. The lowest BCUT2D eigenvalue weighted by Gasteiger charge is -2.08. The topological polar surface area (TPSA) is 67.3 Å². The highest BCUT2D eigenvalue weighted by molar-refractivity contribution is 7.90. The molecule has 1 N–H and O–H groups in total. The average Bonchev–Trinajstić information content (AvgIpc) is 2.31. The first-order chi connectivity index (χ1) is 8.79. The number of hydrogen-bond acceptors (Lipinski definition) is 4. The smallest absolute Gasteiger partial charge is 0.175 e. The van der Waals surface area contributed by atoms with Crippen LogP contribution in [0, 0.1) is 6.92 Å². The van der Waals surface area contributed by atoms with E-state index < -0.39 is 9.84 Å². The molecule has 0 spiro atoms. The maximum absolute atomic E-state index is 11.4. The standard InChI is InChI=1S/C13H12ClNO3S/c1-8-3-6-12(16)13(15-8)10-5-4-9(7-11(10)14)19(2,17)18/h3-7,16H,1-2H3. The van der Waals surface area contributed by atoms with Crippen molar-refractivity contribution in [3.05, 3.63) is 41.0 Å². The van der Waals surface area contributed by atoms with Crippen LogP contribution in [0.25, 0.3) is 11.3 Å². The first-order valence-electron chi connectivity index (χ1n) is 5.45. The Morgan fingerprint density at radius 1 is 1.21 bits per heavy atom. The van der Waals surface area contributed by atoms with Crippen LogP contribution in [-0.2, 0) is 9.84 Å². The molecular weight excluding hydrogens is 286 g/mol. The molecule has 0 radical (unpaired) electrons. The van der Waals surface area contributed by atoms with Gasteiger partial charge in [-0.05, 0) is 37.3 Å². The van der Waals surface area contributed by atoms with Gasteiger partial charge in [0, 0.05) is 17.5 Å². The van der Waals surface area contributed by atoms with E-state index in [-0.39, 0.29) is 15.7 Å². The van der Waals surface area contributed by atoms with Crippen LogP contribution in [0.15, 0.2) is 35.2 Å². The minimum atomic E-state index is -3.31. The van der Waals surface area contributed by atoms with Crippen molar-refractivity contribution in [3.8, 4) is 17.0 Å². The Labute approximate surface area is 116 Å². The van der Waals surface area contributed by atoms with E-state index in [0.717, 1.165) is 11.9 Å². The van der Waals surface area contributed by atoms with E-state index in [9.17, 15) is 13.5 Å². The molecular formula is C13H12ClNO3S. The zero-order valence-corrected chi connectivity index (χ0v) is 12.0. The number of nitrogens with zero attached hydrogens (tertiary/aromatic N) is 1. The molecule has 0 amide bonds. The summed E-state index contributed by atoms with van der Waals surface area (Å²) in [7, 11) is -3.31. The summed E-state index contributed by atoms with van der Waals surface area (Å²) in [6.45, 7) is 1.79. The van der Waals surface area contributed by atoms with Crippen molar-refractivity contribution in [1.29, 1.82) is 0 Å². The number of pyridine rings is 1. The lowest BCUT2D eigenvalue weighted by atomic mass is 10.1. The molecule has 100 valence electrons. The summed E-state index contributed by atoms with van der Waals surface area (Å²) >= 11 is 6.08. The number of aryl methyl sites for hydroxylation is 1. The van der Waals surface area contributed by atoms with Crippen molar-refractivity contribution in [2.24, 2.45) is 0 Å². The zero-order valence-electron chi connectivity index (χ0n) is 10.4. The molecule has 4 nitrogen and oxygen atoms in total. The molecule has 0 aliphatic carbocycles. The Morgan fingerprint density at radius 2 is 1.89 bits per heavy atom. The normalized spacial score (nSPS) is 11.5. The molecule has 0 saturated heterocycles. The fraction of sp³-hybridized carbons (Fsp3) is 0.154. The van der Waals surface area contributed by atoms with Gasteiger partial charge in [-0.3, -0.25) is 0 Å². The summed E-state index contributed by atoms with van der Waals surface area (Å²) in [4.78, 5) is 4.34. The quantitative estimate of drug-likeness (QED) is 0.925. The van der Waals surface area contributed by atoms with Crippen molar-refractivity contribution in [2.75, 3.05) is 6.26 Å². The Bertz CT molecular complexity index is 742. The van der Waals surface area contributed by atoms with Crippen LogP contribution in [0.1, 0.15) is 5.69 Å². The highest BCUT2D eigenvalue weighted by Gasteiger charge is 2.14. The van der Waals surface area contributed by atoms with Gasteiger partial charge in [0.05, 0.1) is 9.92 Å². The van der Waals surface area contributed by atoms with Gasteiger partial charge in [-0.2, -0.15) is 0 Å². The van der Waals surface area contributed by atoms with Gasteiger partial charge >= 0.3 is 0 Å². The Balaban J connectivity index is 2.62. The van der Waals surface area contributed by atoms with Gasteiger partial charge in [0.1, 0.15) is 11.4 Å². The van der Waals surface area contributed by atoms with Crippen molar-refractivity contribution in [3.63, 3.8) is 0 Å². The van der Waals surface area contributed by atoms with Gasteiger partial charge < -0.3 is 5.11 Å². The van der Waals surface area contributed by atoms with Crippen LogP contribution in [0.3, 0.4) is 0 Å². The Kier molecular flexibility index (Phi) is 3.52. The fourth-order valence-electron chi connectivity index (χ4n) is 1.67. The van der Waals surface area contributed by atoms with E-state index >= 15 is 0 Å². The third-order valence-electron chi connectivity index (χ3n) is 2.64. The van der Waals surface area contributed by atoms with Crippen LogP contribution >= 0.6 is 11.6 Å². The summed E-state index contributed by atoms with van der Waals surface area (Å²) in [6.07, 6.45) is 1.11. The highest BCUT2D eigenvalue weighted by Crippen LogP contribution is 2.34. The third kappa shape index (κ3) is 2.88. The van der Waals surface area contributed by atoms with Gasteiger partial charge in [-0.1, -0.05) is 11.6 Å². The molecule has 0 aliphatic rings. The molecule has 0 unspecified atom stereocenters. The predicted molar refractivity (Wildman–Crippen MR) is 74.2 cm³/mol. The number of benzene rings is 1. The van der Waals surface area contributed by atoms with E-state index in [4.69, 9.17) is 11.6 Å². The molecule has 1 heterocycles. The van der Waals surface area contributed by atoms with Crippen LogP contribution in [0.4, 0.5) is 0 Å². The minimum Gasteiger partial charge on any atom is -0.506 e. The maximum atomic E-state index is 11.4. The summed E-state index contributed by atoms with van der Waals surface area (Å²) in [5, 5.41) is 10.0. The molecule has 0 atom stereocenters. The Morgan fingerprint density at radius 3 is 2.47 bits per heavy atom. The van der Waals surface area contributed by atoms with E-state index in [1.54, 1.807) is 19.1 Å². The van der Waals surface area contributed by atoms with Crippen LogP contribution in [0.2, 0.25) is 5.02 Å². The lowest BCUT2D eigenvalue weighted by molar-refractivity contribution is 0.474. The lowest BCUT2D eigenvalue weighted by Crippen LogP contribution is -1.97. The van der Waals surface area contributed by atoms with E-state index in [0.29, 0.717) is 11.3 Å². The predicted octanol–water partition coefficient (Wildman–Crippen LogP) is 2.82. The second kappa shape index (κ2) is 4.83. The average molecular weight is 298 g/mol. The van der Waals surface area contributed by atoms with Crippen molar-refractivity contribution in [2.45, 2.75) is 11.8 Å². The monoisotopic (exact) mass is 297 g/mol. The van der Waals surface area contributed by atoms with E-state index in [1.165, 1.54) is 18.2 Å². The maximum Gasteiger partial charge on any atom is 0.175 e. The van der Waals surface area contributed by atoms with Gasteiger partial charge in [0.25, 0.3) is 0 Å². The van der Waals surface area contributed by atoms with Gasteiger partial charge in [0.2, 0.25) is 0 Å². The zero-order chi connectivity index (χ0) is 14.2. The van der Waals surface area contributed by atoms with Crippen LogP contribution < -0.4 is 0 Å². The first-order valence-corrected chi connectivity index (χ1v) is 7.72. The molecule has 6 heteroatoms. The molecule has 0 saturated carbocycles. The van der Waals surface area contributed by atoms with Gasteiger partial charge in [-0.15, -0.1) is 0 Å². The highest BCUT2D eigenvalue weighted by atomic mass is 35.5. The van der Waals surface area contributed by atoms with Crippen LogP contribution in [0.5, 0.6) is 5.75 Å². The molecule has 0 fully saturated rings. The minimum absolute atomic E-state index is 0.000365. The molecule has 2 aromatic rings. The van der Waals surface area contributed by atoms with Gasteiger partial charge in [-0.25, -0.2) is 13.4 Å². The third-order valence-corrected chi connectivity index (χ3v) is 4.06. The van der Waals surface area contributed by atoms with Crippen molar-refractivity contribution >= 4 is 21.4 Å². The molecule has 1 aromatic heterocycles. The number of rotatable bonds is 2. The summed E-state index contributed by atoms with van der Waals surface area (Å²) in [5.74, 6) is -0.000365. The number of sulfone groups is 1. The van der Waals surface area contributed by atoms with Crippen LogP contribution in [-0.4, -0.2) is 24.8 Å². The molecule has 0 bridgehead atoms. The summed E-state index contributed by atoms with van der Waals surface area (Å²) in [5.41, 5.74) is 1.57. The first kappa shape index (κ1) is 13.8. The molecule has 19 heavy (non-hydrogen) atoms. The molecule has 0 aliphatic heterocycles. The Hall–Kier alpha value is -1.59. The number of aromatic nitrogens is 1. The number of halogens is 1. The van der Waals surface area contributed by atoms with Crippen molar-refractivity contribution in [1.82, 2.24) is 4.98 Å². The largest absolute Gasteiger partial charge is 0.506 e. The summed E-state index contributed by atoms with van der Waals surface area (Å²) in [6, 6.07) is 7.55. The number of hydrogen-bond donors (Lipinski definition) is 1. The molecule has 2 rings (SSSR count). The van der Waals surface area contributed by atoms with E-state index in [1.807, 2.05) is 0 Å².